The summed E-state index contributed by atoms with van der Waals surface area (Å²) in [7, 11) is 3.25. The zero-order valence-electron chi connectivity index (χ0n) is 14.4. The minimum atomic E-state index is 0.607. The maximum absolute atomic E-state index is 6.08. The number of methoxy groups -OCH3 is 2. The molecule has 1 saturated heterocycles. The van der Waals surface area contributed by atoms with Crippen LogP contribution >= 0.6 is 0 Å². The number of nitrogens with zero attached hydrogens (tertiary/aromatic N) is 2. The van der Waals surface area contributed by atoms with Crippen molar-refractivity contribution in [3.05, 3.63) is 48.0 Å². The molecule has 0 saturated carbocycles. The largest absolute Gasteiger partial charge is 0.493 e. The van der Waals surface area contributed by atoms with Crippen LogP contribution < -0.4 is 20.1 Å². The molecule has 1 fully saturated rings. The fraction of sp³-hybridized carbons (Fsp3) is 0.368. The van der Waals surface area contributed by atoms with Gasteiger partial charge in [0.15, 0.2) is 11.5 Å². The second-order valence-corrected chi connectivity index (χ2v) is 6.02. The van der Waals surface area contributed by atoms with Gasteiger partial charge in [0.25, 0.3) is 0 Å². The third-order valence-corrected chi connectivity index (χ3v) is 4.47. The van der Waals surface area contributed by atoms with Crippen molar-refractivity contribution in [2.24, 2.45) is 0 Å². The minimum Gasteiger partial charge on any atom is -0.493 e. The highest BCUT2D eigenvalue weighted by Gasteiger charge is 2.18. The Kier molecular flexibility index (Phi) is 5.11. The van der Waals surface area contributed by atoms with Gasteiger partial charge in [0.2, 0.25) is 0 Å². The van der Waals surface area contributed by atoms with Crippen molar-refractivity contribution in [2.45, 2.75) is 6.54 Å². The molecule has 0 atom stereocenters. The lowest BCUT2D eigenvalue weighted by Crippen LogP contribution is -2.45. The Morgan fingerprint density at radius 3 is 2.29 bits per heavy atom. The number of nitrogen functional groups attached to an aromatic ring is 1. The highest BCUT2D eigenvalue weighted by atomic mass is 16.5. The molecule has 5 nitrogen and oxygen atoms in total. The van der Waals surface area contributed by atoms with E-state index in [1.54, 1.807) is 14.2 Å². The van der Waals surface area contributed by atoms with Crippen LogP contribution in [0.5, 0.6) is 11.5 Å². The lowest BCUT2D eigenvalue weighted by molar-refractivity contribution is 0.249. The van der Waals surface area contributed by atoms with Crippen LogP contribution in [0.3, 0.4) is 0 Å². The van der Waals surface area contributed by atoms with Crippen LogP contribution in [0.4, 0.5) is 11.4 Å². The van der Waals surface area contributed by atoms with Gasteiger partial charge in [-0.2, -0.15) is 0 Å². The fourth-order valence-corrected chi connectivity index (χ4v) is 3.21. The number of hydrogen-bond acceptors (Lipinski definition) is 5. The number of piperazine rings is 1. The quantitative estimate of drug-likeness (QED) is 0.856. The van der Waals surface area contributed by atoms with E-state index in [-0.39, 0.29) is 0 Å². The molecule has 1 aliphatic rings. The Morgan fingerprint density at radius 2 is 1.67 bits per heavy atom. The zero-order chi connectivity index (χ0) is 16.9. The van der Waals surface area contributed by atoms with Crippen molar-refractivity contribution in [1.29, 1.82) is 0 Å². The van der Waals surface area contributed by atoms with Crippen LogP contribution in [0.2, 0.25) is 0 Å². The fourth-order valence-electron chi connectivity index (χ4n) is 3.21. The van der Waals surface area contributed by atoms with Crippen molar-refractivity contribution in [2.75, 3.05) is 51.0 Å². The first kappa shape index (κ1) is 16.5. The molecule has 0 bridgehead atoms. The van der Waals surface area contributed by atoms with Gasteiger partial charge < -0.3 is 20.1 Å². The molecule has 24 heavy (non-hydrogen) atoms. The van der Waals surface area contributed by atoms with E-state index in [9.17, 15) is 0 Å². The van der Waals surface area contributed by atoms with Crippen molar-refractivity contribution in [3.63, 3.8) is 0 Å². The van der Waals surface area contributed by atoms with Crippen LogP contribution in [-0.2, 0) is 6.54 Å². The minimum absolute atomic E-state index is 0.607. The molecule has 1 aliphatic heterocycles. The predicted octanol–water partition coefficient (Wildman–Crippen LogP) is 2.61. The summed E-state index contributed by atoms with van der Waals surface area (Å²) in [6.07, 6.45) is 0. The van der Waals surface area contributed by atoms with Crippen LogP contribution in [0, 0.1) is 0 Å². The molecule has 0 aliphatic carbocycles. The number of para-hydroxylation sites is 1. The van der Waals surface area contributed by atoms with Gasteiger partial charge in [-0.05, 0) is 29.8 Å². The van der Waals surface area contributed by atoms with E-state index in [4.69, 9.17) is 15.2 Å². The molecule has 0 amide bonds. The highest BCUT2D eigenvalue weighted by Crippen LogP contribution is 2.34. The third kappa shape index (κ3) is 3.57. The first-order valence-corrected chi connectivity index (χ1v) is 8.24. The topological polar surface area (TPSA) is 51.0 Å². The summed E-state index contributed by atoms with van der Waals surface area (Å²) < 4.78 is 10.7. The molecule has 2 aromatic rings. The average molecular weight is 327 g/mol. The normalized spacial score (nSPS) is 15.3. The summed E-state index contributed by atoms with van der Waals surface area (Å²) in [6, 6.07) is 14.6. The van der Waals surface area contributed by atoms with Crippen molar-refractivity contribution in [1.82, 2.24) is 4.90 Å². The van der Waals surface area contributed by atoms with Gasteiger partial charge in [0, 0.05) is 38.4 Å². The van der Waals surface area contributed by atoms with E-state index >= 15 is 0 Å². The third-order valence-electron chi connectivity index (χ3n) is 4.47. The standard InChI is InChI=1S/C19H25N3O2/c1-23-18-13-15(12-17(20)19(18)24-2)14-21-8-10-22(11-9-21)16-6-4-3-5-7-16/h3-7,12-13H,8-11,14,20H2,1-2H3. The monoisotopic (exact) mass is 327 g/mol. The molecule has 3 rings (SSSR count). The second kappa shape index (κ2) is 7.45. The maximum Gasteiger partial charge on any atom is 0.183 e. The van der Waals surface area contributed by atoms with E-state index in [0.29, 0.717) is 17.2 Å². The van der Waals surface area contributed by atoms with Gasteiger partial charge in [0.1, 0.15) is 0 Å². The molecule has 2 aromatic carbocycles. The van der Waals surface area contributed by atoms with Crippen molar-refractivity contribution < 1.29 is 9.47 Å². The summed E-state index contributed by atoms with van der Waals surface area (Å²) in [5.41, 5.74) is 9.15. The molecule has 0 spiro atoms. The van der Waals surface area contributed by atoms with Crippen LogP contribution in [-0.4, -0.2) is 45.3 Å². The number of nitrogens with two attached hydrogens (primary N) is 1. The van der Waals surface area contributed by atoms with Crippen LogP contribution in [0.25, 0.3) is 0 Å². The zero-order valence-corrected chi connectivity index (χ0v) is 14.4. The maximum atomic E-state index is 6.08. The number of hydrogen-bond donors (Lipinski definition) is 1. The Labute approximate surface area is 143 Å². The SMILES string of the molecule is COc1cc(CN2CCN(c3ccccc3)CC2)cc(N)c1OC. The summed E-state index contributed by atoms with van der Waals surface area (Å²) in [4.78, 5) is 4.87. The number of rotatable bonds is 5. The van der Waals surface area contributed by atoms with Gasteiger partial charge in [0.05, 0.1) is 19.9 Å². The first-order valence-electron chi connectivity index (χ1n) is 8.24. The first-order chi connectivity index (χ1) is 11.7. The Bertz CT molecular complexity index is 668. The van der Waals surface area contributed by atoms with Gasteiger partial charge in [-0.25, -0.2) is 0 Å². The molecular formula is C19H25N3O2. The number of ether oxygens (including phenoxy) is 2. The molecule has 2 N–H and O–H groups in total. The number of anilines is 2. The molecule has 0 radical (unpaired) electrons. The van der Waals surface area contributed by atoms with Gasteiger partial charge in [-0.1, -0.05) is 18.2 Å². The molecule has 5 heteroatoms. The molecule has 1 heterocycles. The Hall–Kier alpha value is -2.40. The average Bonchev–Trinajstić information content (AvgIpc) is 2.62. The van der Waals surface area contributed by atoms with Crippen molar-refractivity contribution in [3.8, 4) is 11.5 Å². The van der Waals surface area contributed by atoms with E-state index in [0.717, 1.165) is 38.3 Å². The van der Waals surface area contributed by atoms with E-state index in [2.05, 4.69) is 40.1 Å². The molecule has 0 unspecified atom stereocenters. The van der Waals surface area contributed by atoms with Crippen molar-refractivity contribution >= 4 is 11.4 Å². The summed E-state index contributed by atoms with van der Waals surface area (Å²) in [5.74, 6) is 1.30. The molecule has 0 aromatic heterocycles. The highest BCUT2D eigenvalue weighted by molar-refractivity contribution is 5.62. The summed E-state index contributed by atoms with van der Waals surface area (Å²) in [6.45, 7) is 5.00. The van der Waals surface area contributed by atoms with Gasteiger partial charge >= 0.3 is 0 Å². The predicted molar refractivity (Wildman–Crippen MR) is 97.9 cm³/mol. The van der Waals surface area contributed by atoms with Crippen LogP contribution in [0.1, 0.15) is 5.56 Å². The number of benzene rings is 2. The lowest BCUT2D eigenvalue weighted by atomic mass is 10.1. The Morgan fingerprint density at radius 1 is 0.958 bits per heavy atom. The molecular weight excluding hydrogens is 302 g/mol. The van der Waals surface area contributed by atoms with Gasteiger partial charge in [-0.15, -0.1) is 0 Å². The Balaban J connectivity index is 1.63. The molecule has 128 valence electrons. The van der Waals surface area contributed by atoms with E-state index < -0.39 is 0 Å². The second-order valence-electron chi connectivity index (χ2n) is 6.02. The summed E-state index contributed by atoms with van der Waals surface area (Å²) >= 11 is 0. The van der Waals surface area contributed by atoms with Gasteiger partial charge in [-0.3, -0.25) is 4.90 Å². The lowest BCUT2D eigenvalue weighted by Gasteiger charge is -2.36. The summed E-state index contributed by atoms with van der Waals surface area (Å²) in [5, 5.41) is 0. The van der Waals surface area contributed by atoms with E-state index in [1.165, 1.54) is 5.69 Å². The van der Waals surface area contributed by atoms with Crippen LogP contribution in [0.15, 0.2) is 42.5 Å². The van der Waals surface area contributed by atoms with E-state index in [1.807, 2.05) is 12.1 Å². The smallest absolute Gasteiger partial charge is 0.183 e.